The number of rotatable bonds is 3. The minimum atomic E-state index is -0.631. The number of halogens is 2. The number of nitrogens with zero attached hydrogens (tertiary/aromatic N) is 2. The lowest BCUT2D eigenvalue weighted by Gasteiger charge is -2.09. The van der Waals surface area contributed by atoms with Crippen molar-refractivity contribution in [3.8, 4) is 5.69 Å². The lowest BCUT2D eigenvalue weighted by Crippen LogP contribution is -2.18. The van der Waals surface area contributed by atoms with Crippen molar-refractivity contribution in [2.24, 2.45) is 5.73 Å². The Hall–Kier alpha value is -1.75. The normalized spacial score (nSPS) is 12.7. The van der Waals surface area contributed by atoms with Gasteiger partial charge in [0.2, 0.25) is 0 Å². The van der Waals surface area contributed by atoms with Crippen LogP contribution in [0.3, 0.4) is 0 Å². The Balaban J connectivity index is 2.44. The van der Waals surface area contributed by atoms with Gasteiger partial charge in [0.25, 0.3) is 0 Å². The highest BCUT2D eigenvalue weighted by Crippen LogP contribution is 2.20. The number of aromatic nitrogens is 2. The van der Waals surface area contributed by atoms with E-state index >= 15 is 0 Å². The molecular weight excluding hydrogens is 236 g/mol. The van der Waals surface area contributed by atoms with E-state index in [1.165, 1.54) is 23.0 Å². The van der Waals surface area contributed by atoms with Crippen LogP contribution in [0.4, 0.5) is 8.78 Å². The zero-order valence-electron chi connectivity index (χ0n) is 10.3. The van der Waals surface area contributed by atoms with Crippen molar-refractivity contribution in [2.45, 2.75) is 26.3 Å². The Morgan fingerprint density at radius 1 is 1.33 bits per heavy atom. The Morgan fingerprint density at radius 3 is 2.39 bits per heavy atom. The van der Waals surface area contributed by atoms with Gasteiger partial charge in [0.15, 0.2) is 11.6 Å². The summed E-state index contributed by atoms with van der Waals surface area (Å²) >= 11 is 0. The molecule has 18 heavy (non-hydrogen) atoms. The third kappa shape index (κ3) is 2.56. The molecule has 0 amide bonds. The molecule has 0 saturated carbocycles. The van der Waals surface area contributed by atoms with Gasteiger partial charge < -0.3 is 5.73 Å². The quantitative estimate of drug-likeness (QED) is 0.910. The van der Waals surface area contributed by atoms with Crippen molar-refractivity contribution in [3.63, 3.8) is 0 Å². The molecule has 1 heterocycles. The number of nitrogens with two attached hydrogens (primary N) is 1. The lowest BCUT2D eigenvalue weighted by molar-refractivity contribution is 0.554. The van der Waals surface area contributed by atoms with E-state index in [0.29, 0.717) is 17.7 Å². The standard InChI is InChI=1S/C13H15F2N3/c1-8(16)5-10-6-11(14)13(12(15)7-10)18-4-3-9(2)17-18/h3-4,6-8H,5,16H2,1-2H3. The molecule has 0 bridgehead atoms. The van der Waals surface area contributed by atoms with Gasteiger partial charge in [0.05, 0.1) is 5.69 Å². The van der Waals surface area contributed by atoms with Crippen LogP contribution < -0.4 is 5.73 Å². The zero-order valence-corrected chi connectivity index (χ0v) is 10.3. The topological polar surface area (TPSA) is 43.8 Å². The van der Waals surface area contributed by atoms with Gasteiger partial charge in [-0.15, -0.1) is 0 Å². The maximum Gasteiger partial charge on any atom is 0.152 e. The molecule has 0 aliphatic carbocycles. The van der Waals surface area contributed by atoms with E-state index in [9.17, 15) is 8.78 Å². The van der Waals surface area contributed by atoms with Crippen LogP contribution in [-0.2, 0) is 6.42 Å². The first-order valence-electron chi connectivity index (χ1n) is 5.73. The molecule has 2 N–H and O–H groups in total. The van der Waals surface area contributed by atoms with Crippen molar-refractivity contribution in [2.75, 3.05) is 0 Å². The van der Waals surface area contributed by atoms with Crippen molar-refractivity contribution in [1.29, 1.82) is 0 Å². The fourth-order valence-electron chi connectivity index (χ4n) is 1.87. The lowest BCUT2D eigenvalue weighted by atomic mass is 10.1. The fourth-order valence-corrected chi connectivity index (χ4v) is 1.87. The molecule has 0 fully saturated rings. The van der Waals surface area contributed by atoms with Crippen LogP contribution in [0.1, 0.15) is 18.2 Å². The second kappa shape index (κ2) is 4.86. The van der Waals surface area contributed by atoms with Crippen molar-refractivity contribution in [3.05, 3.63) is 47.3 Å². The first-order valence-corrected chi connectivity index (χ1v) is 5.73. The van der Waals surface area contributed by atoms with Gasteiger partial charge in [0.1, 0.15) is 5.69 Å². The molecule has 0 spiro atoms. The van der Waals surface area contributed by atoms with E-state index in [0.717, 1.165) is 0 Å². The largest absolute Gasteiger partial charge is 0.328 e. The van der Waals surface area contributed by atoms with Gasteiger partial charge >= 0.3 is 0 Å². The van der Waals surface area contributed by atoms with Crippen LogP contribution in [-0.4, -0.2) is 15.8 Å². The Kier molecular flexibility index (Phi) is 3.43. The van der Waals surface area contributed by atoms with E-state index in [4.69, 9.17) is 5.73 Å². The van der Waals surface area contributed by atoms with Crippen LogP contribution in [0.2, 0.25) is 0 Å². The second-order valence-electron chi connectivity index (χ2n) is 4.49. The van der Waals surface area contributed by atoms with Crippen molar-refractivity contribution in [1.82, 2.24) is 9.78 Å². The van der Waals surface area contributed by atoms with Gasteiger partial charge in [-0.05, 0) is 44.0 Å². The predicted molar refractivity (Wildman–Crippen MR) is 65.6 cm³/mol. The van der Waals surface area contributed by atoms with Gasteiger partial charge in [-0.3, -0.25) is 0 Å². The number of hydrogen-bond acceptors (Lipinski definition) is 2. The maximum atomic E-state index is 13.9. The SMILES string of the molecule is Cc1ccn(-c2c(F)cc(CC(C)N)cc2F)n1. The Bertz CT molecular complexity index is 538. The summed E-state index contributed by atoms with van der Waals surface area (Å²) in [7, 11) is 0. The van der Waals surface area contributed by atoms with Crippen LogP contribution in [0, 0.1) is 18.6 Å². The van der Waals surface area contributed by atoms with Crippen LogP contribution >= 0.6 is 0 Å². The second-order valence-corrected chi connectivity index (χ2v) is 4.49. The van der Waals surface area contributed by atoms with Gasteiger partial charge in [-0.1, -0.05) is 0 Å². The smallest absolute Gasteiger partial charge is 0.152 e. The third-order valence-electron chi connectivity index (χ3n) is 2.59. The summed E-state index contributed by atoms with van der Waals surface area (Å²) in [5.41, 5.74) is 6.71. The van der Waals surface area contributed by atoms with Gasteiger partial charge in [0, 0.05) is 12.2 Å². The summed E-state index contributed by atoms with van der Waals surface area (Å²) in [4.78, 5) is 0. The summed E-state index contributed by atoms with van der Waals surface area (Å²) in [5.74, 6) is -1.26. The highest BCUT2D eigenvalue weighted by molar-refractivity contribution is 5.38. The molecule has 2 aromatic rings. The van der Waals surface area contributed by atoms with Crippen molar-refractivity contribution >= 4 is 0 Å². The van der Waals surface area contributed by atoms with E-state index in [2.05, 4.69) is 5.10 Å². The summed E-state index contributed by atoms with van der Waals surface area (Å²) < 4.78 is 29.0. The molecule has 1 aromatic carbocycles. The molecule has 0 aliphatic rings. The average molecular weight is 251 g/mol. The minimum Gasteiger partial charge on any atom is -0.328 e. The number of aryl methyl sites for hydroxylation is 1. The fraction of sp³-hybridized carbons (Fsp3) is 0.308. The Labute approximate surface area is 104 Å². The Morgan fingerprint density at radius 2 is 1.94 bits per heavy atom. The summed E-state index contributed by atoms with van der Waals surface area (Å²) in [6.07, 6.45) is 1.97. The molecule has 96 valence electrons. The minimum absolute atomic E-state index is 0.137. The summed E-state index contributed by atoms with van der Waals surface area (Å²) in [6.45, 7) is 3.55. The molecule has 5 heteroatoms. The summed E-state index contributed by atoms with van der Waals surface area (Å²) in [5, 5.41) is 4.01. The molecule has 3 nitrogen and oxygen atoms in total. The molecule has 0 radical (unpaired) electrons. The molecule has 1 atom stereocenters. The highest BCUT2D eigenvalue weighted by atomic mass is 19.1. The molecule has 1 unspecified atom stereocenters. The van der Waals surface area contributed by atoms with Crippen LogP contribution in [0.15, 0.2) is 24.4 Å². The van der Waals surface area contributed by atoms with Gasteiger partial charge in [-0.25, -0.2) is 13.5 Å². The van der Waals surface area contributed by atoms with Crippen molar-refractivity contribution < 1.29 is 8.78 Å². The van der Waals surface area contributed by atoms with Crippen LogP contribution in [0.25, 0.3) is 5.69 Å². The van der Waals surface area contributed by atoms with E-state index < -0.39 is 11.6 Å². The molecule has 0 aliphatic heterocycles. The van der Waals surface area contributed by atoms with E-state index in [-0.39, 0.29) is 11.7 Å². The highest BCUT2D eigenvalue weighted by Gasteiger charge is 2.14. The first kappa shape index (κ1) is 12.7. The third-order valence-corrected chi connectivity index (χ3v) is 2.59. The first-order chi connectivity index (χ1) is 8.47. The van der Waals surface area contributed by atoms with Crippen LogP contribution in [0.5, 0.6) is 0 Å². The van der Waals surface area contributed by atoms with Gasteiger partial charge in [-0.2, -0.15) is 5.10 Å². The molecule has 2 rings (SSSR count). The molecule has 0 saturated heterocycles. The van der Waals surface area contributed by atoms with E-state index in [1.54, 1.807) is 19.9 Å². The summed E-state index contributed by atoms with van der Waals surface area (Å²) in [6, 6.07) is 4.16. The predicted octanol–water partition coefficient (Wildman–Crippen LogP) is 2.35. The van der Waals surface area contributed by atoms with E-state index in [1.807, 2.05) is 0 Å². The monoisotopic (exact) mass is 251 g/mol. The zero-order chi connectivity index (χ0) is 13.3. The number of hydrogen-bond donors (Lipinski definition) is 1. The molecule has 1 aromatic heterocycles. The maximum absolute atomic E-state index is 13.9. The molecular formula is C13H15F2N3. The number of benzene rings is 1. The average Bonchev–Trinajstić information content (AvgIpc) is 2.62.